The smallest absolute Gasteiger partial charge is 0.321 e. The molecule has 0 aromatic carbocycles. The average molecular weight is 216 g/mol. The lowest BCUT2D eigenvalue weighted by molar-refractivity contribution is -0.138. The van der Waals surface area contributed by atoms with Gasteiger partial charge in [0.25, 0.3) is 0 Å². The van der Waals surface area contributed by atoms with Gasteiger partial charge in [-0.25, -0.2) is 0 Å². The highest BCUT2D eigenvalue weighted by atomic mass is 32.2. The van der Waals surface area contributed by atoms with Crippen molar-refractivity contribution < 1.29 is 9.90 Å². The van der Waals surface area contributed by atoms with Crippen molar-refractivity contribution in [2.45, 2.75) is 30.3 Å². The molecule has 80 valence electrons. The first-order valence-corrected chi connectivity index (χ1v) is 5.86. The van der Waals surface area contributed by atoms with Crippen LogP contribution >= 0.6 is 11.8 Å². The van der Waals surface area contributed by atoms with E-state index in [1.807, 2.05) is 0 Å². The van der Waals surface area contributed by atoms with Gasteiger partial charge in [0.05, 0.1) is 4.87 Å². The molecule has 2 aliphatic rings. The van der Waals surface area contributed by atoms with Crippen molar-refractivity contribution in [3.05, 3.63) is 0 Å². The van der Waals surface area contributed by atoms with Crippen LogP contribution in [0.25, 0.3) is 0 Å². The van der Waals surface area contributed by atoms with E-state index >= 15 is 0 Å². The van der Waals surface area contributed by atoms with E-state index in [4.69, 9.17) is 5.11 Å². The summed E-state index contributed by atoms with van der Waals surface area (Å²) in [7, 11) is 2.09. The molecule has 0 bridgehead atoms. The summed E-state index contributed by atoms with van der Waals surface area (Å²) >= 11 is 1.76. The van der Waals surface area contributed by atoms with Crippen LogP contribution in [0.5, 0.6) is 0 Å². The summed E-state index contributed by atoms with van der Waals surface area (Å²) in [6, 6.07) is 0.182. The lowest BCUT2D eigenvalue weighted by atomic mass is 10.1. The Morgan fingerprint density at radius 2 is 2.43 bits per heavy atom. The molecule has 0 aliphatic carbocycles. The fourth-order valence-electron chi connectivity index (χ4n) is 2.24. The number of hydrogen-bond donors (Lipinski definition) is 2. The Labute approximate surface area is 88.0 Å². The Balaban J connectivity index is 2.04. The van der Waals surface area contributed by atoms with Gasteiger partial charge >= 0.3 is 5.97 Å². The molecule has 2 N–H and O–H groups in total. The number of nitrogens with zero attached hydrogens (tertiary/aromatic N) is 1. The van der Waals surface area contributed by atoms with E-state index in [-0.39, 0.29) is 10.9 Å². The molecule has 0 radical (unpaired) electrons. The van der Waals surface area contributed by atoms with Crippen molar-refractivity contribution in [2.24, 2.45) is 0 Å². The fourth-order valence-corrected chi connectivity index (χ4v) is 3.83. The van der Waals surface area contributed by atoms with Gasteiger partial charge in [0.15, 0.2) is 0 Å². The number of likely N-dealkylation sites (N-methyl/N-ethyl adjacent to an activating group) is 1. The van der Waals surface area contributed by atoms with E-state index in [9.17, 15) is 4.79 Å². The van der Waals surface area contributed by atoms with Gasteiger partial charge in [0, 0.05) is 18.3 Å². The molecule has 5 heteroatoms. The molecule has 0 saturated carbocycles. The number of carboxylic acids is 1. The Bertz CT molecular complexity index is 249. The van der Waals surface area contributed by atoms with Crippen molar-refractivity contribution in [3.8, 4) is 0 Å². The maximum Gasteiger partial charge on any atom is 0.321 e. The van der Waals surface area contributed by atoms with E-state index in [1.54, 1.807) is 11.8 Å². The van der Waals surface area contributed by atoms with Crippen molar-refractivity contribution in [2.75, 3.05) is 19.3 Å². The van der Waals surface area contributed by atoms with Crippen LogP contribution in [0.1, 0.15) is 13.3 Å². The topological polar surface area (TPSA) is 52.6 Å². The summed E-state index contributed by atoms with van der Waals surface area (Å²) in [4.78, 5) is 13.1. The predicted molar refractivity (Wildman–Crippen MR) is 56.5 cm³/mol. The SMILES string of the molecule is CC1CC2(CN1C)N[C@@H](C(=O)O)CS2. The van der Waals surface area contributed by atoms with Crippen LogP contribution in [-0.2, 0) is 4.79 Å². The molecule has 4 nitrogen and oxygen atoms in total. The number of rotatable bonds is 1. The third-order valence-electron chi connectivity index (χ3n) is 3.14. The Hall–Kier alpha value is -0.260. The van der Waals surface area contributed by atoms with E-state index in [2.05, 4.69) is 24.2 Å². The molecule has 14 heavy (non-hydrogen) atoms. The monoisotopic (exact) mass is 216 g/mol. The molecule has 2 aliphatic heterocycles. The fraction of sp³-hybridized carbons (Fsp3) is 0.889. The van der Waals surface area contributed by atoms with Gasteiger partial charge in [-0.1, -0.05) is 0 Å². The van der Waals surface area contributed by atoms with Crippen LogP contribution in [0, 0.1) is 0 Å². The van der Waals surface area contributed by atoms with Crippen LogP contribution < -0.4 is 5.32 Å². The number of nitrogens with one attached hydrogen (secondary N) is 1. The highest BCUT2D eigenvalue weighted by Gasteiger charge is 2.47. The molecule has 1 spiro atoms. The van der Waals surface area contributed by atoms with Gasteiger partial charge in [-0.15, -0.1) is 11.8 Å². The van der Waals surface area contributed by atoms with Crippen LogP contribution in [0.2, 0.25) is 0 Å². The molecule has 0 aromatic rings. The molecule has 2 saturated heterocycles. The minimum atomic E-state index is -0.725. The van der Waals surface area contributed by atoms with E-state index in [0.29, 0.717) is 11.8 Å². The first-order valence-electron chi connectivity index (χ1n) is 4.87. The minimum Gasteiger partial charge on any atom is -0.480 e. The highest BCUT2D eigenvalue weighted by Crippen LogP contribution is 2.40. The third kappa shape index (κ3) is 1.64. The summed E-state index contributed by atoms with van der Waals surface area (Å²) in [5.74, 6) is -0.0350. The van der Waals surface area contributed by atoms with Crippen LogP contribution in [-0.4, -0.2) is 52.3 Å². The molecule has 2 heterocycles. The van der Waals surface area contributed by atoms with Crippen molar-refractivity contribution in [3.63, 3.8) is 0 Å². The maximum absolute atomic E-state index is 10.8. The number of aliphatic carboxylic acids is 1. The van der Waals surface area contributed by atoms with Crippen LogP contribution in [0.3, 0.4) is 0 Å². The summed E-state index contributed by atoms with van der Waals surface area (Å²) in [6.07, 6.45) is 1.04. The molecule has 2 rings (SSSR count). The standard InChI is InChI=1S/C9H16N2O2S/c1-6-3-9(5-11(6)2)10-7(4-14-9)8(12)13/h6-7,10H,3-5H2,1-2H3,(H,12,13)/t6?,7-,9?/m1/s1. The molecule has 0 amide bonds. The third-order valence-corrected chi connectivity index (χ3v) is 4.61. The van der Waals surface area contributed by atoms with E-state index in [0.717, 1.165) is 13.0 Å². The Kier molecular flexibility index (Phi) is 2.49. The number of hydrogen-bond acceptors (Lipinski definition) is 4. The molecule has 3 atom stereocenters. The second-order valence-electron chi connectivity index (χ2n) is 4.31. The van der Waals surface area contributed by atoms with Crippen molar-refractivity contribution >= 4 is 17.7 Å². The van der Waals surface area contributed by atoms with Gasteiger partial charge in [0.1, 0.15) is 6.04 Å². The molecule has 2 unspecified atom stereocenters. The van der Waals surface area contributed by atoms with Gasteiger partial charge in [-0.3, -0.25) is 10.1 Å². The van der Waals surface area contributed by atoms with Crippen LogP contribution in [0.4, 0.5) is 0 Å². The van der Waals surface area contributed by atoms with Crippen LogP contribution in [0.15, 0.2) is 0 Å². The molecular weight excluding hydrogens is 200 g/mol. The zero-order valence-corrected chi connectivity index (χ0v) is 9.30. The first kappa shape index (κ1) is 10.3. The van der Waals surface area contributed by atoms with Crippen molar-refractivity contribution in [1.82, 2.24) is 10.2 Å². The van der Waals surface area contributed by atoms with Gasteiger partial charge in [-0.05, 0) is 20.4 Å². The largest absolute Gasteiger partial charge is 0.480 e. The summed E-state index contributed by atoms with van der Waals surface area (Å²) in [6.45, 7) is 3.13. The summed E-state index contributed by atoms with van der Waals surface area (Å²) in [5, 5.41) is 12.1. The number of thioether (sulfide) groups is 1. The second-order valence-corrected chi connectivity index (χ2v) is 5.71. The van der Waals surface area contributed by atoms with Crippen molar-refractivity contribution in [1.29, 1.82) is 0 Å². The predicted octanol–water partition coefficient (Wildman–Crippen LogP) is 0.196. The number of carbonyl (C=O) groups is 1. The lowest BCUT2D eigenvalue weighted by Gasteiger charge is -2.22. The minimum absolute atomic E-state index is 0.00275. The lowest BCUT2D eigenvalue weighted by Crippen LogP contribution is -2.46. The van der Waals surface area contributed by atoms with E-state index in [1.165, 1.54) is 0 Å². The van der Waals surface area contributed by atoms with E-state index < -0.39 is 5.97 Å². The van der Waals surface area contributed by atoms with Gasteiger partial charge < -0.3 is 10.0 Å². The molecular formula is C9H16N2O2S. The highest BCUT2D eigenvalue weighted by molar-refractivity contribution is 8.01. The normalized spacial score (nSPS) is 43.6. The number of likely N-dealkylation sites (tertiary alicyclic amines) is 1. The zero-order chi connectivity index (χ0) is 10.3. The second kappa shape index (κ2) is 3.40. The quantitative estimate of drug-likeness (QED) is 0.655. The van der Waals surface area contributed by atoms with Gasteiger partial charge in [0.2, 0.25) is 0 Å². The zero-order valence-electron chi connectivity index (χ0n) is 8.49. The maximum atomic E-state index is 10.8. The summed E-state index contributed by atoms with van der Waals surface area (Å²) in [5.41, 5.74) is 0. The molecule has 2 fully saturated rings. The summed E-state index contributed by atoms with van der Waals surface area (Å²) < 4.78 is 0. The number of carboxylic acid groups (broad SMARTS) is 1. The average Bonchev–Trinajstić information content (AvgIpc) is 2.59. The Morgan fingerprint density at radius 3 is 2.86 bits per heavy atom. The Morgan fingerprint density at radius 1 is 1.71 bits per heavy atom. The van der Waals surface area contributed by atoms with Gasteiger partial charge in [-0.2, -0.15) is 0 Å². The molecule has 0 aromatic heterocycles. The first-order chi connectivity index (χ1) is 6.52.